The molecule has 4 nitrogen and oxygen atoms in total. The first kappa shape index (κ1) is 12.3. The van der Waals surface area contributed by atoms with E-state index in [4.69, 9.17) is 14.7 Å². The zero-order valence-electron chi connectivity index (χ0n) is 9.36. The fourth-order valence-electron chi connectivity index (χ4n) is 1.73. The molecule has 1 aliphatic heterocycles. The molecule has 0 bridgehead atoms. The van der Waals surface area contributed by atoms with E-state index >= 15 is 0 Å². The number of hydrogen-bond donors (Lipinski definition) is 0. The van der Waals surface area contributed by atoms with Gasteiger partial charge in [0.2, 0.25) is 5.88 Å². The van der Waals surface area contributed by atoms with Crippen LogP contribution in [-0.2, 0) is 4.74 Å². The van der Waals surface area contributed by atoms with Gasteiger partial charge in [-0.1, -0.05) is 0 Å². The lowest BCUT2D eigenvalue weighted by molar-refractivity contribution is -0.0120. The number of halogens is 1. The van der Waals surface area contributed by atoms with Crippen molar-refractivity contribution in [3.05, 3.63) is 22.3 Å². The fraction of sp³-hybridized carbons (Fsp3) is 0.500. The molecular formula is C12H13BrN2O2. The number of pyridine rings is 1. The predicted octanol–water partition coefficient (Wildman–Crippen LogP) is 2.66. The van der Waals surface area contributed by atoms with Crippen molar-refractivity contribution in [2.45, 2.75) is 25.4 Å². The minimum atomic E-state index is 0.126. The first-order valence-corrected chi connectivity index (χ1v) is 6.39. The van der Waals surface area contributed by atoms with Crippen LogP contribution in [0.4, 0.5) is 0 Å². The van der Waals surface area contributed by atoms with Crippen LogP contribution >= 0.6 is 15.9 Å². The second kappa shape index (κ2) is 5.99. The van der Waals surface area contributed by atoms with Crippen molar-refractivity contribution in [3.63, 3.8) is 0 Å². The molecule has 0 aromatic carbocycles. The lowest BCUT2D eigenvalue weighted by Gasteiger charge is -2.22. The third kappa shape index (κ3) is 3.42. The highest BCUT2D eigenvalue weighted by Crippen LogP contribution is 2.20. The molecule has 1 aromatic heterocycles. The quantitative estimate of drug-likeness (QED) is 0.860. The van der Waals surface area contributed by atoms with Crippen LogP contribution in [0.15, 0.2) is 16.7 Å². The molecule has 1 fully saturated rings. The maximum absolute atomic E-state index is 8.96. The van der Waals surface area contributed by atoms with E-state index < -0.39 is 0 Å². The molecule has 0 spiro atoms. The summed E-state index contributed by atoms with van der Waals surface area (Å²) >= 11 is 3.27. The number of rotatable bonds is 3. The molecule has 5 heteroatoms. The van der Waals surface area contributed by atoms with Crippen molar-refractivity contribution >= 4 is 15.9 Å². The summed E-state index contributed by atoms with van der Waals surface area (Å²) in [6, 6.07) is 3.76. The molecule has 1 saturated heterocycles. The molecule has 0 aliphatic carbocycles. The second-order valence-corrected chi connectivity index (χ2v) is 4.83. The number of nitrogens with zero attached hydrogens (tertiary/aromatic N) is 2. The number of ether oxygens (including phenoxy) is 2. The average molecular weight is 297 g/mol. The molecule has 2 heterocycles. The third-order valence-electron chi connectivity index (χ3n) is 2.62. The van der Waals surface area contributed by atoms with E-state index in [1.165, 1.54) is 6.42 Å². The van der Waals surface area contributed by atoms with Crippen molar-refractivity contribution in [2.24, 2.45) is 0 Å². The van der Waals surface area contributed by atoms with Crippen LogP contribution in [0.2, 0.25) is 0 Å². The second-order valence-electron chi connectivity index (χ2n) is 3.92. The molecule has 0 amide bonds. The van der Waals surface area contributed by atoms with E-state index in [-0.39, 0.29) is 6.10 Å². The van der Waals surface area contributed by atoms with Crippen molar-refractivity contribution < 1.29 is 9.47 Å². The first-order valence-electron chi connectivity index (χ1n) is 5.59. The SMILES string of the molecule is N#Cc1cc(Br)cnc1OC[C@H]1CCCCO1. The summed E-state index contributed by atoms with van der Waals surface area (Å²) < 4.78 is 11.9. The largest absolute Gasteiger partial charge is 0.474 e. The Balaban J connectivity index is 1.96. The zero-order chi connectivity index (χ0) is 12.1. The Morgan fingerprint density at radius 3 is 3.18 bits per heavy atom. The van der Waals surface area contributed by atoms with E-state index in [9.17, 15) is 0 Å². The molecule has 2 rings (SSSR count). The van der Waals surface area contributed by atoms with Gasteiger partial charge in [0.25, 0.3) is 0 Å². The molecule has 17 heavy (non-hydrogen) atoms. The Kier molecular flexibility index (Phi) is 4.35. The highest BCUT2D eigenvalue weighted by Gasteiger charge is 2.15. The smallest absolute Gasteiger partial charge is 0.231 e. The summed E-state index contributed by atoms with van der Waals surface area (Å²) in [6.07, 6.45) is 5.06. The highest BCUT2D eigenvalue weighted by molar-refractivity contribution is 9.10. The topological polar surface area (TPSA) is 55.1 Å². The van der Waals surface area contributed by atoms with Gasteiger partial charge in [0, 0.05) is 17.3 Å². The maximum Gasteiger partial charge on any atom is 0.231 e. The van der Waals surface area contributed by atoms with Crippen LogP contribution in [-0.4, -0.2) is 24.3 Å². The fourth-order valence-corrected chi connectivity index (χ4v) is 2.06. The van der Waals surface area contributed by atoms with Gasteiger partial charge in [-0.05, 0) is 41.3 Å². The maximum atomic E-state index is 8.96. The lowest BCUT2D eigenvalue weighted by Crippen LogP contribution is -2.26. The van der Waals surface area contributed by atoms with Crippen LogP contribution < -0.4 is 4.74 Å². The lowest BCUT2D eigenvalue weighted by atomic mass is 10.1. The van der Waals surface area contributed by atoms with Crippen molar-refractivity contribution in [1.29, 1.82) is 5.26 Å². The standard InChI is InChI=1S/C12H13BrN2O2/c13-10-5-9(6-14)12(15-7-10)17-8-11-3-1-2-4-16-11/h5,7,11H,1-4,8H2/t11-/m1/s1. The normalized spacial score (nSPS) is 19.6. The van der Waals surface area contributed by atoms with Gasteiger partial charge in [-0.25, -0.2) is 4.98 Å². The summed E-state index contributed by atoms with van der Waals surface area (Å²) in [5, 5.41) is 8.96. The number of hydrogen-bond acceptors (Lipinski definition) is 4. The van der Waals surface area contributed by atoms with E-state index in [0.717, 1.165) is 23.9 Å². The van der Waals surface area contributed by atoms with Crippen LogP contribution in [0.25, 0.3) is 0 Å². The van der Waals surface area contributed by atoms with E-state index in [0.29, 0.717) is 18.1 Å². The Hall–Kier alpha value is -1.12. The van der Waals surface area contributed by atoms with Crippen molar-refractivity contribution in [3.8, 4) is 11.9 Å². The average Bonchev–Trinajstić information content (AvgIpc) is 2.38. The summed E-state index contributed by atoms with van der Waals surface area (Å²) in [7, 11) is 0. The van der Waals surface area contributed by atoms with E-state index in [2.05, 4.69) is 27.0 Å². The number of nitriles is 1. The molecule has 1 aromatic rings. The van der Waals surface area contributed by atoms with Crippen LogP contribution in [0.1, 0.15) is 24.8 Å². The van der Waals surface area contributed by atoms with Gasteiger partial charge in [0.05, 0.1) is 6.10 Å². The van der Waals surface area contributed by atoms with Gasteiger partial charge >= 0.3 is 0 Å². The minimum Gasteiger partial charge on any atom is -0.474 e. The van der Waals surface area contributed by atoms with Gasteiger partial charge in [0.15, 0.2) is 0 Å². The van der Waals surface area contributed by atoms with Crippen molar-refractivity contribution in [2.75, 3.05) is 13.2 Å². The third-order valence-corrected chi connectivity index (χ3v) is 3.05. The molecule has 0 saturated carbocycles. The highest BCUT2D eigenvalue weighted by atomic mass is 79.9. The van der Waals surface area contributed by atoms with Crippen LogP contribution in [0, 0.1) is 11.3 Å². The van der Waals surface area contributed by atoms with Gasteiger partial charge in [-0.2, -0.15) is 5.26 Å². The molecule has 0 unspecified atom stereocenters. The first-order chi connectivity index (χ1) is 8.29. The Morgan fingerprint density at radius 2 is 2.47 bits per heavy atom. The molecule has 1 aliphatic rings. The molecule has 90 valence electrons. The summed E-state index contributed by atoms with van der Waals surface area (Å²) in [4.78, 5) is 4.09. The summed E-state index contributed by atoms with van der Waals surface area (Å²) in [5.41, 5.74) is 0.440. The van der Waals surface area contributed by atoms with Crippen LogP contribution in [0.5, 0.6) is 5.88 Å². The van der Waals surface area contributed by atoms with Gasteiger partial charge in [0.1, 0.15) is 18.2 Å². The van der Waals surface area contributed by atoms with Crippen molar-refractivity contribution in [1.82, 2.24) is 4.98 Å². The van der Waals surface area contributed by atoms with Crippen LogP contribution in [0.3, 0.4) is 0 Å². The van der Waals surface area contributed by atoms with E-state index in [1.54, 1.807) is 12.3 Å². The Morgan fingerprint density at radius 1 is 1.59 bits per heavy atom. The Labute approximate surface area is 109 Å². The van der Waals surface area contributed by atoms with Gasteiger partial charge in [-0.15, -0.1) is 0 Å². The monoisotopic (exact) mass is 296 g/mol. The Bertz CT molecular complexity index is 425. The molecule has 0 N–H and O–H groups in total. The minimum absolute atomic E-state index is 0.126. The predicted molar refractivity (Wildman–Crippen MR) is 65.7 cm³/mol. The van der Waals surface area contributed by atoms with Gasteiger partial charge in [-0.3, -0.25) is 0 Å². The van der Waals surface area contributed by atoms with E-state index in [1.807, 2.05) is 0 Å². The zero-order valence-corrected chi connectivity index (χ0v) is 10.9. The number of aromatic nitrogens is 1. The molecule has 0 radical (unpaired) electrons. The molecular weight excluding hydrogens is 284 g/mol. The summed E-state index contributed by atoms with van der Waals surface area (Å²) in [5.74, 6) is 0.380. The van der Waals surface area contributed by atoms with Gasteiger partial charge < -0.3 is 9.47 Å². The molecule has 1 atom stereocenters. The summed E-state index contributed by atoms with van der Waals surface area (Å²) in [6.45, 7) is 1.26.